The zero-order valence-corrected chi connectivity index (χ0v) is 18.0. The van der Waals surface area contributed by atoms with Gasteiger partial charge >= 0.3 is 5.97 Å². The molecule has 0 spiro atoms. The van der Waals surface area contributed by atoms with E-state index in [9.17, 15) is 4.79 Å². The number of ether oxygens (including phenoxy) is 1. The number of carbonyl (C=O) groups is 1. The maximum absolute atomic E-state index is 12.6. The number of hydrogen-bond acceptors (Lipinski definition) is 3. The third-order valence-electron chi connectivity index (χ3n) is 5.40. The van der Waals surface area contributed by atoms with Crippen molar-refractivity contribution in [1.29, 1.82) is 0 Å². The molecule has 0 aromatic rings. The number of cyclic esters (lactones) is 1. The average Bonchev–Trinajstić information content (AvgIpc) is 2.43. The van der Waals surface area contributed by atoms with Crippen molar-refractivity contribution in [2.24, 2.45) is 16.2 Å². The largest absolute Gasteiger partial charge is 0.465 e. The molecule has 0 bridgehead atoms. The SMILES string of the molecule is CCCN1CCCCOC(=O)C(C)(C)CC(C)(C)CC(C)(C)CCC1. The van der Waals surface area contributed by atoms with Crippen molar-refractivity contribution in [3.63, 3.8) is 0 Å². The zero-order valence-electron chi connectivity index (χ0n) is 18.0. The van der Waals surface area contributed by atoms with Crippen molar-refractivity contribution in [2.75, 3.05) is 26.2 Å². The van der Waals surface area contributed by atoms with Gasteiger partial charge in [-0.25, -0.2) is 0 Å². The fraction of sp³-hybridized carbons (Fsp3) is 0.955. The molecule has 0 radical (unpaired) electrons. The van der Waals surface area contributed by atoms with Gasteiger partial charge in [0.05, 0.1) is 12.0 Å². The highest BCUT2D eigenvalue weighted by molar-refractivity contribution is 5.75. The quantitative estimate of drug-likeness (QED) is 0.599. The molecule has 1 aliphatic rings. The van der Waals surface area contributed by atoms with E-state index in [1.807, 2.05) is 13.8 Å². The van der Waals surface area contributed by atoms with Crippen LogP contribution in [0.1, 0.15) is 93.4 Å². The van der Waals surface area contributed by atoms with E-state index in [0.717, 1.165) is 32.2 Å². The maximum Gasteiger partial charge on any atom is 0.311 e. The van der Waals surface area contributed by atoms with Crippen molar-refractivity contribution in [1.82, 2.24) is 4.90 Å². The molecule has 0 unspecified atom stereocenters. The van der Waals surface area contributed by atoms with E-state index in [4.69, 9.17) is 4.74 Å². The third-order valence-corrected chi connectivity index (χ3v) is 5.40. The molecule has 1 fully saturated rings. The summed E-state index contributed by atoms with van der Waals surface area (Å²) in [6.45, 7) is 19.8. The first-order chi connectivity index (χ1) is 11.5. The minimum Gasteiger partial charge on any atom is -0.465 e. The predicted molar refractivity (Wildman–Crippen MR) is 107 cm³/mol. The fourth-order valence-electron chi connectivity index (χ4n) is 4.95. The van der Waals surface area contributed by atoms with Gasteiger partial charge in [-0.15, -0.1) is 0 Å². The first kappa shape index (κ1) is 22.5. The Bertz CT molecular complexity index is 412. The van der Waals surface area contributed by atoms with Crippen molar-refractivity contribution in [3.8, 4) is 0 Å². The second-order valence-electron chi connectivity index (χ2n) is 10.4. The summed E-state index contributed by atoms with van der Waals surface area (Å²) in [5.74, 6) is -0.0290. The average molecular weight is 354 g/mol. The molecule has 148 valence electrons. The summed E-state index contributed by atoms with van der Waals surface area (Å²) < 4.78 is 5.62. The number of hydrogen-bond donors (Lipinski definition) is 0. The molecule has 3 nitrogen and oxygen atoms in total. The van der Waals surface area contributed by atoms with Gasteiger partial charge in [0, 0.05) is 0 Å². The number of esters is 1. The Balaban J connectivity index is 2.85. The van der Waals surface area contributed by atoms with E-state index in [1.54, 1.807) is 0 Å². The van der Waals surface area contributed by atoms with Crippen LogP contribution in [0.15, 0.2) is 0 Å². The van der Waals surface area contributed by atoms with Crippen LogP contribution < -0.4 is 0 Å². The standard InChI is InChI=1S/C22H43NO2/c1-8-13-23-14-9-10-16-25-19(24)22(6,7)18-21(4,5)17-20(2,3)12-11-15-23/h8-18H2,1-7H3. The summed E-state index contributed by atoms with van der Waals surface area (Å²) in [5, 5.41) is 0. The summed E-state index contributed by atoms with van der Waals surface area (Å²) in [6, 6.07) is 0. The lowest BCUT2D eigenvalue weighted by Gasteiger charge is -2.39. The molecule has 0 N–H and O–H groups in total. The number of carbonyl (C=O) groups excluding carboxylic acids is 1. The van der Waals surface area contributed by atoms with Crippen LogP contribution in [0.3, 0.4) is 0 Å². The number of rotatable bonds is 2. The second kappa shape index (κ2) is 9.39. The molecule has 3 heteroatoms. The summed E-state index contributed by atoms with van der Waals surface area (Å²) >= 11 is 0. The molecule has 0 atom stereocenters. The van der Waals surface area contributed by atoms with E-state index < -0.39 is 5.41 Å². The Labute approximate surface area is 156 Å². The van der Waals surface area contributed by atoms with E-state index in [0.29, 0.717) is 12.0 Å². The molecule has 1 rings (SSSR count). The van der Waals surface area contributed by atoms with Gasteiger partial charge in [-0.3, -0.25) is 4.79 Å². The van der Waals surface area contributed by atoms with Crippen molar-refractivity contribution in [3.05, 3.63) is 0 Å². The molecule has 25 heavy (non-hydrogen) atoms. The summed E-state index contributed by atoms with van der Waals surface area (Å²) in [5.41, 5.74) is 0.0326. The van der Waals surface area contributed by atoms with Gasteiger partial charge < -0.3 is 9.64 Å². The molecule has 0 saturated carbocycles. The summed E-state index contributed by atoms with van der Waals surface area (Å²) in [4.78, 5) is 15.1. The highest BCUT2D eigenvalue weighted by Gasteiger charge is 2.38. The monoisotopic (exact) mass is 353 g/mol. The lowest BCUT2D eigenvalue weighted by atomic mass is 9.66. The summed E-state index contributed by atoms with van der Waals surface area (Å²) in [7, 11) is 0. The number of nitrogens with zero attached hydrogens (tertiary/aromatic N) is 1. The van der Waals surface area contributed by atoms with E-state index in [-0.39, 0.29) is 11.4 Å². The van der Waals surface area contributed by atoms with Crippen LogP contribution >= 0.6 is 0 Å². The van der Waals surface area contributed by atoms with Gasteiger partial charge in [0.2, 0.25) is 0 Å². The van der Waals surface area contributed by atoms with Gasteiger partial charge in [0.15, 0.2) is 0 Å². The van der Waals surface area contributed by atoms with Crippen molar-refractivity contribution in [2.45, 2.75) is 93.4 Å². The van der Waals surface area contributed by atoms with Gasteiger partial charge in [-0.1, -0.05) is 34.6 Å². The molecule has 0 aromatic heterocycles. The highest BCUT2D eigenvalue weighted by Crippen LogP contribution is 2.44. The van der Waals surface area contributed by atoms with Gasteiger partial charge in [-0.05, 0) is 89.3 Å². The van der Waals surface area contributed by atoms with Crippen LogP contribution in [0, 0.1) is 16.2 Å². The van der Waals surface area contributed by atoms with Crippen LogP contribution in [0.5, 0.6) is 0 Å². The fourth-order valence-corrected chi connectivity index (χ4v) is 4.95. The Morgan fingerprint density at radius 2 is 1.56 bits per heavy atom. The van der Waals surface area contributed by atoms with Crippen molar-refractivity contribution >= 4 is 5.97 Å². The Morgan fingerprint density at radius 1 is 0.920 bits per heavy atom. The third kappa shape index (κ3) is 8.57. The second-order valence-corrected chi connectivity index (χ2v) is 10.4. The molecule has 0 aliphatic carbocycles. The summed E-state index contributed by atoms with van der Waals surface area (Å²) in [6.07, 6.45) is 7.83. The molecule has 1 aliphatic heterocycles. The van der Waals surface area contributed by atoms with E-state index in [2.05, 4.69) is 39.5 Å². The molecular weight excluding hydrogens is 310 g/mol. The lowest BCUT2D eigenvalue weighted by molar-refractivity contribution is -0.156. The van der Waals surface area contributed by atoms with Crippen LogP contribution in [0.25, 0.3) is 0 Å². The molecular formula is C22H43NO2. The minimum absolute atomic E-state index is 0.0290. The highest BCUT2D eigenvalue weighted by atomic mass is 16.5. The molecule has 1 saturated heterocycles. The maximum atomic E-state index is 12.6. The Morgan fingerprint density at radius 3 is 2.20 bits per heavy atom. The van der Waals surface area contributed by atoms with E-state index >= 15 is 0 Å². The van der Waals surface area contributed by atoms with Crippen LogP contribution in [0.4, 0.5) is 0 Å². The van der Waals surface area contributed by atoms with Gasteiger partial charge in [-0.2, -0.15) is 0 Å². The normalized spacial score (nSPS) is 26.3. The predicted octanol–water partition coefficient (Wildman–Crippen LogP) is 5.67. The molecule has 0 aromatic carbocycles. The first-order valence-electron chi connectivity index (χ1n) is 10.4. The van der Waals surface area contributed by atoms with Crippen LogP contribution in [-0.4, -0.2) is 37.1 Å². The Hall–Kier alpha value is -0.570. The Kier molecular flexibility index (Phi) is 8.44. The lowest BCUT2D eigenvalue weighted by Crippen LogP contribution is -2.34. The van der Waals surface area contributed by atoms with Crippen LogP contribution in [0.2, 0.25) is 0 Å². The van der Waals surface area contributed by atoms with Crippen molar-refractivity contribution < 1.29 is 9.53 Å². The van der Waals surface area contributed by atoms with Gasteiger partial charge in [0.25, 0.3) is 0 Å². The van der Waals surface area contributed by atoms with E-state index in [1.165, 1.54) is 32.4 Å². The molecule has 1 heterocycles. The minimum atomic E-state index is -0.409. The zero-order chi connectivity index (χ0) is 19.1. The smallest absolute Gasteiger partial charge is 0.311 e. The van der Waals surface area contributed by atoms with Gasteiger partial charge in [0.1, 0.15) is 0 Å². The molecule has 0 amide bonds. The topological polar surface area (TPSA) is 29.5 Å². The van der Waals surface area contributed by atoms with Crippen LogP contribution in [-0.2, 0) is 9.53 Å². The first-order valence-corrected chi connectivity index (χ1v) is 10.4.